The molecule has 0 bridgehead atoms. The predicted molar refractivity (Wildman–Crippen MR) is 272 cm³/mol. The molecular weight excluding hydrogens is 782 g/mol. The van der Waals surface area contributed by atoms with Crippen molar-refractivity contribution in [1.29, 1.82) is 0 Å². The first kappa shape index (κ1) is 43.1. The third-order valence-corrected chi connectivity index (χ3v) is 13.3. The van der Waals surface area contributed by atoms with Gasteiger partial charge < -0.3 is 23.6 Å². The summed E-state index contributed by atoms with van der Waals surface area (Å²) in [6, 6.07) is 41.9. The highest BCUT2D eigenvalue weighted by molar-refractivity contribution is 6.85. The molecule has 7 aromatic rings. The van der Waals surface area contributed by atoms with Crippen LogP contribution >= 0.6 is 0 Å². The van der Waals surface area contributed by atoms with Gasteiger partial charge in [-0.1, -0.05) is 131 Å². The molecule has 0 radical (unpaired) electrons. The Labute approximate surface area is 382 Å². The molecule has 9 rings (SSSR count). The first-order valence-electron chi connectivity index (χ1n) is 23.2. The van der Waals surface area contributed by atoms with Gasteiger partial charge in [-0.25, -0.2) is 9.97 Å². The van der Waals surface area contributed by atoms with Gasteiger partial charge in [-0.3, -0.25) is 0 Å². The van der Waals surface area contributed by atoms with Gasteiger partial charge in [0, 0.05) is 41.6 Å². The molecule has 0 N–H and O–H groups in total. The Hall–Kier alpha value is -6.21. The molecule has 0 unspecified atom stereocenters. The standard InChI is InChI=1S/C55H62B2N6O/c1-35(2)43-20-16-21-44(36(3)4)52(43)56-60(12)48-26-24-41(33-47(48)54-59-30-31-61(54)56)64-42-25-27-49-50(34-42)63(51-32-39(28-29-58-51)55(9,10)11)57(62(49)40-18-14-13-15-19-40)53-45(37(5)6)22-17-23-46(53)38(7)8/h13-38H,1-12H3. The van der Waals surface area contributed by atoms with Crippen molar-refractivity contribution in [3.05, 3.63) is 162 Å². The zero-order valence-corrected chi connectivity index (χ0v) is 39.8. The maximum Gasteiger partial charge on any atom is 0.422 e. The van der Waals surface area contributed by atoms with E-state index in [2.05, 4.69) is 224 Å². The number of benzene rings is 5. The van der Waals surface area contributed by atoms with E-state index >= 15 is 0 Å². The van der Waals surface area contributed by atoms with Crippen molar-refractivity contribution < 1.29 is 4.74 Å². The van der Waals surface area contributed by atoms with Crippen LogP contribution in [0.15, 0.2) is 134 Å². The molecule has 0 saturated carbocycles. The Bertz CT molecular complexity index is 2770. The number of hydrogen-bond donors (Lipinski definition) is 0. The van der Waals surface area contributed by atoms with Crippen LogP contribution in [0.2, 0.25) is 0 Å². The van der Waals surface area contributed by atoms with E-state index in [9.17, 15) is 0 Å². The number of rotatable bonds is 10. The largest absolute Gasteiger partial charge is 0.457 e. The van der Waals surface area contributed by atoms with Crippen molar-refractivity contribution >= 4 is 53.5 Å². The maximum atomic E-state index is 6.96. The molecule has 0 amide bonds. The number of para-hydroxylation sites is 1. The van der Waals surface area contributed by atoms with Crippen molar-refractivity contribution in [2.75, 3.05) is 21.5 Å². The summed E-state index contributed by atoms with van der Waals surface area (Å²) in [6.07, 6.45) is 6.03. The second-order valence-corrected chi connectivity index (χ2v) is 20.0. The first-order valence-corrected chi connectivity index (χ1v) is 23.2. The van der Waals surface area contributed by atoms with Gasteiger partial charge in [0.1, 0.15) is 23.1 Å². The molecule has 0 spiro atoms. The number of ether oxygens (including phenoxy) is 1. The minimum Gasteiger partial charge on any atom is -0.457 e. The number of fused-ring (bicyclic) bond motifs is 4. The average Bonchev–Trinajstić information content (AvgIpc) is 3.89. The van der Waals surface area contributed by atoms with Gasteiger partial charge in [0.05, 0.1) is 11.4 Å². The summed E-state index contributed by atoms with van der Waals surface area (Å²) >= 11 is 0. The van der Waals surface area contributed by atoms with Crippen LogP contribution in [0.25, 0.3) is 11.4 Å². The molecule has 4 heterocycles. The van der Waals surface area contributed by atoms with E-state index in [1.165, 1.54) is 38.7 Å². The van der Waals surface area contributed by atoms with Crippen LogP contribution in [0.4, 0.5) is 28.6 Å². The smallest absolute Gasteiger partial charge is 0.422 e. The molecular formula is C55H62B2N6O. The molecule has 324 valence electrons. The highest BCUT2D eigenvalue weighted by atomic mass is 16.5. The molecule has 0 fully saturated rings. The summed E-state index contributed by atoms with van der Waals surface area (Å²) in [5.74, 6) is 4.72. The van der Waals surface area contributed by atoms with E-state index in [4.69, 9.17) is 14.7 Å². The third-order valence-electron chi connectivity index (χ3n) is 13.3. The van der Waals surface area contributed by atoms with Crippen LogP contribution < -0.4 is 30.1 Å². The van der Waals surface area contributed by atoms with Crippen LogP contribution in [0, 0.1) is 0 Å². The summed E-state index contributed by atoms with van der Waals surface area (Å²) in [6.45, 7) is 25.0. The van der Waals surface area contributed by atoms with Crippen LogP contribution in [0.1, 0.15) is 128 Å². The molecule has 7 nitrogen and oxygen atoms in total. The van der Waals surface area contributed by atoms with Crippen LogP contribution in [-0.4, -0.2) is 35.5 Å². The molecule has 2 aliphatic heterocycles. The molecule has 9 heteroatoms. The second kappa shape index (κ2) is 16.7. The van der Waals surface area contributed by atoms with Crippen LogP contribution in [0.5, 0.6) is 11.5 Å². The summed E-state index contributed by atoms with van der Waals surface area (Å²) in [4.78, 5) is 17.5. The molecule has 2 aliphatic rings. The minimum absolute atomic E-state index is 0.0293. The van der Waals surface area contributed by atoms with E-state index in [-0.39, 0.29) is 19.4 Å². The molecule has 0 atom stereocenters. The van der Waals surface area contributed by atoms with E-state index in [1.807, 2.05) is 12.4 Å². The lowest BCUT2D eigenvalue weighted by Crippen LogP contribution is -2.56. The molecule has 0 aliphatic carbocycles. The van der Waals surface area contributed by atoms with E-state index < -0.39 is 0 Å². The Morgan fingerprint density at radius 2 is 1.09 bits per heavy atom. The lowest BCUT2D eigenvalue weighted by atomic mass is 9.58. The lowest BCUT2D eigenvalue weighted by molar-refractivity contribution is 0.483. The number of aromatic nitrogens is 3. The maximum absolute atomic E-state index is 6.96. The third kappa shape index (κ3) is 7.46. The molecule has 64 heavy (non-hydrogen) atoms. The minimum atomic E-state index is -0.213. The Balaban J connectivity index is 1.18. The van der Waals surface area contributed by atoms with Crippen molar-refractivity contribution in [2.45, 2.75) is 105 Å². The Kier molecular flexibility index (Phi) is 11.3. The van der Waals surface area contributed by atoms with Crippen molar-refractivity contribution in [2.24, 2.45) is 0 Å². The van der Waals surface area contributed by atoms with Gasteiger partial charge in [0.2, 0.25) is 0 Å². The van der Waals surface area contributed by atoms with Gasteiger partial charge in [0.15, 0.2) is 0 Å². The van der Waals surface area contributed by atoms with E-state index in [0.29, 0.717) is 23.7 Å². The zero-order valence-electron chi connectivity index (χ0n) is 39.8. The molecule has 0 saturated heterocycles. The van der Waals surface area contributed by atoms with Crippen molar-refractivity contribution in [3.8, 4) is 22.9 Å². The summed E-state index contributed by atoms with van der Waals surface area (Å²) < 4.78 is 9.29. The Morgan fingerprint density at radius 1 is 0.531 bits per heavy atom. The number of nitrogens with zero attached hydrogens (tertiary/aromatic N) is 6. The molecule has 2 aromatic heterocycles. The van der Waals surface area contributed by atoms with Gasteiger partial charge in [-0.05, 0) is 129 Å². The van der Waals surface area contributed by atoms with Crippen LogP contribution in [-0.2, 0) is 5.41 Å². The highest BCUT2D eigenvalue weighted by Gasteiger charge is 2.47. The highest BCUT2D eigenvalue weighted by Crippen LogP contribution is 2.49. The van der Waals surface area contributed by atoms with Crippen LogP contribution in [0.3, 0.4) is 0 Å². The second-order valence-electron chi connectivity index (χ2n) is 20.0. The van der Waals surface area contributed by atoms with E-state index in [1.54, 1.807) is 0 Å². The van der Waals surface area contributed by atoms with Gasteiger partial charge in [-0.2, -0.15) is 0 Å². The SMILES string of the molecule is CC(C)c1cccc(C(C)C)c1B1N(c2ccccc2)c2ccc(Oc3ccc4c(c3)-c3nccn3B(c3c(C(C)C)cccc3C(C)C)N4C)cc2N1c1cc(C(C)(C)C)ccn1. The fourth-order valence-corrected chi connectivity index (χ4v) is 10.1. The number of hydrogen-bond acceptors (Lipinski definition) is 6. The fraction of sp³-hybridized carbons (Fsp3) is 0.309. The normalized spacial score (nSPS) is 13.7. The van der Waals surface area contributed by atoms with Gasteiger partial charge >= 0.3 is 14.0 Å². The number of anilines is 5. The van der Waals surface area contributed by atoms with Gasteiger partial charge in [0.25, 0.3) is 0 Å². The topological polar surface area (TPSA) is 49.7 Å². The average molecular weight is 845 g/mol. The summed E-state index contributed by atoms with van der Waals surface area (Å²) in [5, 5.41) is 0. The first-order chi connectivity index (χ1) is 30.6. The monoisotopic (exact) mass is 845 g/mol. The quantitative estimate of drug-likeness (QED) is 0.128. The van der Waals surface area contributed by atoms with Crippen molar-refractivity contribution in [3.63, 3.8) is 0 Å². The summed E-state index contributed by atoms with van der Waals surface area (Å²) in [7, 11) is 2.21. The predicted octanol–water partition coefficient (Wildman–Crippen LogP) is 12.9. The van der Waals surface area contributed by atoms with E-state index in [0.717, 1.165) is 51.5 Å². The number of pyridine rings is 1. The summed E-state index contributed by atoms with van der Waals surface area (Å²) in [5.41, 5.74) is 14.7. The van der Waals surface area contributed by atoms with Crippen molar-refractivity contribution in [1.82, 2.24) is 14.4 Å². The van der Waals surface area contributed by atoms with Gasteiger partial charge in [-0.15, -0.1) is 0 Å². The Morgan fingerprint density at radius 3 is 1.67 bits per heavy atom. The lowest BCUT2D eigenvalue weighted by Gasteiger charge is -2.37. The molecule has 5 aromatic carbocycles. The fourth-order valence-electron chi connectivity index (χ4n) is 10.1. The zero-order chi connectivity index (χ0) is 45.2. The number of imidazole rings is 1.